The van der Waals surface area contributed by atoms with E-state index >= 15 is 0 Å². The highest BCUT2D eigenvalue weighted by molar-refractivity contribution is 5.96. The maximum Gasteiger partial charge on any atom is 0.343 e. The molecule has 0 radical (unpaired) electrons. The van der Waals surface area contributed by atoms with Crippen LogP contribution in [0.1, 0.15) is 16.1 Å². The molecule has 0 atom stereocenters. The van der Waals surface area contributed by atoms with Crippen LogP contribution in [0, 0.1) is 17.0 Å². The van der Waals surface area contributed by atoms with Crippen molar-refractivity contribution in [2.75, 3.05) is 38.1 Å². The van der Waals surface area contributed by atoms with Gasteiger partial charge in [0.2, 0.25) is 5.95 Å². The summed E-state index contributed by atoms with van der Waals surface area (Å²) in [4.78, 5) is 31.6. The molecule has 0 saturated carbocycles. The van der Waals surface area contributed by atoms with E-state index < -0.39 is 10.9 Å². The van der Waals surface area contributed by atoms with Gasteiger partial charge in [0.15, 0.2) is 5.82 Å². The second-order valence-corrected chi connectivity index (χ2v) is 6.77. The van der Waals surface area contributed by atoms with Crippen LogP contribution in [0.2, 0.25) is 0 Å². The Morgan fingerprint density at radius 1 is 1.03 bits per heavy atom. The molecule has 2 aromatic carbocycles. The largest absolute Gasteiger partial charge is 0.491 e. The number of nitrogens with one attached hydrogen (secondary N) is 2. The first kappa shape index (κ1) is 23.4. The lowest BCUT2D eigenvalue weighted by atomic mass is 10.2. The molecule has 0 fully saturated rings. The SMILES string of the molecule is COCCOc1ccc(Nc2nc(Nc3cccc([N+](=O)[O-])c3)nc(C)c2C(=O)OC)cc1. The quantitative estimate of drug-likeness (QED) is 0.200. The van der Waals surface area contributed by atoms with Crippen LogP contribution in [0.3, 0.4) is 0 Å². The predicted molar refractivity (Wildman–Crippen MR) is 122 cm³/mol. The second-order valence-electron chi connectivity index (χ2n) is 6.77. The van der Waals surface area contributed by atoms with Crippen LogP contribution in [0.5, 0.6) is 5.75 Å². The number of methoxy groups -OCH3 is 2. The number of nitro benzene ring substituents is 1. The fourth-order valence-electron chi connectivity index (χ4n) is 2.91. The van der Waals surface area contributed by atoms with Gasteiger partial charge in [0, 0.05) is 30.6 Å². The molecular weight excluding hydrogens is 430 g/mol. The third-order valence-electron chi connectivity index (χ3n) is 4.47. The first-order valence-corrected chi connectivity index (χ1v) is 9.88. The number of aromatic nitrogens is 2. The van der Waals surface area contributed by atoms with E-state index in [1.54, 1.807) is 50.4 Å². The number of nitro groups is 1. The minimum Gasteiger partial charge on any atom is -0.491 e. The Morgan fingerprint density at radius 3 is 2.45 bits per heavy atom. The number of anilines is 4. The van der Waals surface area contributed by atoms with Gasteiger partial charge in [-0.25, -0.2) is 9.78 Å². The van der Waals surface area contributed by atoms with Gasteiger partial charge in [-0.05, 0) is 37.3 Å². The van der Waals surface area contributed by atoms with Crippen molar-refractivity contribution in [1.82, 2.24) is 9.97 Å². The predicted octanol–water partition coefficient (Wildman–Crippen LogP) is 3.99. The summed E-state index contributed by atoms with van der Waals surface area (Å²) in [7, 11) is 2.87. The molecule has 1 aromatic heterocycles. The van der Waals surface area contributed by atoms with Gasteiger partial charge in [-0.15, -0.1) is 0 Å². The summed E-state index contributed by atoms with van der Waals surface area (Å²) in [6, 6.07) is 13.0. The summed E-state index contributed by atoms with van der Waals surface area (Å²) in [5.74, 6) is 0.437. The Balaban J connectivity index is 1.88. The number of nitrogens with zero attached hydrogens (tertiary/aromatic N) is 3. The van der Waals surface area contributed by atoms with Crippen molar-refractivity contribution in [3.05, 3.63) is 69.9 Å². The molecule has 0 bridgehead atoms. The van der Waals surface area contributed by atoms with Gasteiger partial charge in [-0.3, -0.25) is 10.1 Å². The van der Waals surface area contributed by atoms with Crippen LogP contribution in [-0.2, 0) is 9.47 Å². The number of carbonyl (C=O) groups excluding carboxylic acids is 1. The van der Waals surface area contributed by atoms with E-state index in [1.807, 2.05) is 0 Å². The maximum absolute atomic E-state index is 12.4. The first-order valence-electron chi connectivity index (χ1n) is 9.88. The standard InChI is InChI=1S/C22H23N5O6/c1-14-19(21(28)32-3)20(24-15-7-9-18(10-8-15)33-12-11-31-2)26-22(23-14)25-16-5-4-6-17(13-16)27(29)30/h4-10,13H,11-12H2,1-3H3,(H2,23,24,25,26). The first-order chi connectivity index (χ1) is 15.9. The number of non-ortho nitro benzene ring substituents is 1. The highest BCUT2D eigenvalue weighted by Gasteiger charge is 2.20. The van der Waals surface area contributed by atoms with Crippen LogP contribution < -0.4 is 15.4 Å². The summed E-state index contributed by atoms with van der Waals surface area (Å²) >= 11 is 0. The molecule has 2 N–H and O–H groups in total. The van der Waals surface area contributed by atoms with Crippen LogP contribution in [0.15, 0.2) is 48.5 Å². The molecule has 0 aliphatic heterocycles. The van der Waals surface area contributed by atoms with E-state index in [9.17, 15) is 14.9 Å². The van der Waals surface area contributed by atoms with E-state index in [1.165, 1.54) is 19.2 Å². The normalized spacial score (nSPS) is 10.4. The Kier molecular flexibility index (Phi) is 7.71. The summed E-state index contributed by atoms with van der Waals surface area (Å²) < 4.78 is 15.4. The number of carbonyl (C=O) groups is 1. The Morgan fingerprint density at radius 2 is 1.79 bits per heavy atom. The molecule has 11 nitrogen and oxygen atoms in total. The maximum atomic E-state index is 12.4. The van der Waals surface area contributed by atoms with Crippen molar-refractivity contribution in [3.8, 4) is 5.75 Å². The van der Waals surface area contributed by atoms with E-state index in [0.29, 0.717) is 36.0 Å². The topological polar surface area (TPSA) is 138 Å². The van der Waals surface area contributed by atoms with Crippen LogP contribution in [-0.4, -0.2) is 48.3 Å². The summed E-state index contributed by atoms with van der Waals surface area (Å²) in [6.45, 7) is 2.54. The second kappa shape index (κ2) is 10.9. The molecule has 1 heterocycles. The number of hydrogen-bond acceptors (Lipinski definition) is 10. The zero-order valence-electron chi connectivity index (χ0n) is 18.3. The zero-order valence-corrected chi connectivity index (χ0v) is 18.3. The molecule has 0 saturated heterocycles. The van der Waals surface area contributed by atoms with Gasteiger partial charge in [-0.2, -0.15) is 4.98 Å². The summed E-state index contributed by atoms with van der Waals surface area (Å²) in [6.07, 6.45) is 0. The summed E-state index contributed by atoms with van der Waals surface area (Å²) in [5, 5.41) is 17.1. The van der Waals surface area contributed by atoms with Crippen molar-refractivity contribution in [1.29, 1.82) is 0 Å². The highest BCUT2D eigenvalue weighted by Crippen LogP contribution is 2.27. The lowest BCUT2D eigenvalue weighted by Crippen LogP contribution is -2.13. The van der Waals surface area contributed by atoms with Gasteiger partial charge in [0.25, 0.3) is 5.69 Å². The van der Waals surface area contributed by atoms with Crippen molar-refractivity contribution in [2.45, 2.75) is 6.92 Å². The molecule has 3 aromatic rings. The van der Waals surface area contributed by atoms with Gasteiger partial charge in [-0.1, -0.05) is 6.07 Å². The number of hydrogen-bond donors (Lipinski definition) is 2. The number of benzene rings is 2. The van der Waals surface area contributed by atoms with Crippen molar-refractivity contribution >= 4 is 34.8 Å². The highest BCUT2D eigenvalue weighted by atomic mass is 16.6. The monoisotopic (exact) mass is 453 g/mol. The minimum atomic E-state index is -0.601. The van der Waals surface area contributed by atoms with Crippen molar-refractivity contribution < 1.29 is 23.9 Å². The molecule has 0 aliphatic rings. The minimum absolute atomic E-state index is 0.0749. The molecule has 0 spiro atoms. The van der Waals surface area contributed by atoms with Crippen LogP contribution in [0.4, 0.5) is 28.8 Å². The van der Waals surface area contributed by atoms with E-state index in [4.69, 9.17) is 14.2 Å². The molecule has 33 heavy (non-hydrogen) atoms. The number of aryl methyl sites for hydroxylation is 1. The molecule has 0 unspecified atom stereocenters. The molecule has 0 aliphatic carbocycles. The summed E-state index contributed by atoms with van der Waals surface area (Å²) in [5.41, 5.74) is 1.54. The molecule has 11 heteroatoms. The Labute approximate surface area is 189 Å². The fourth-order valence-corrected chi connectivity index (χ4v) is 2.91. The average Bonchev–Trinajstić information content (AvgIpc) is 2.80. The van der Waals surface area contributed by atoms with E-state index in [-0.39, 0.29) is 23.0 Å². The van der Waals surface area contributed by atoms with E-state index in [2.05, 4.69) is 20.6 Å². The number of esters is 1. The molecule has 3 rings (SSSR count). The molecule has 0 amide bonds. The average molecular weight is 453 g/mol. The lowest BCUT2D eigenvalue weighted by Gasteiger charge is -2.15. The van der Waals surface area contributed by atoms with Crippen molar-refractivity contribution in [2.24, 2.45) is 0 Å². The van der Waals surface area contributed by atoms with Gasteiger partial charge in [0.05, 0.1) is 24.3 Å². The van der Waals surface area contributed by atoms with Crippen LogP contribution >= 0.6 is 0 Å². The van der Waals surface area contributed by atoms with Crippen molar-refractivity contribution in [3.63, 3.8) is 0 Å². The van der Waals surface area contributed by atoms with Gasteiger partial charge < -0.3 is 24.8 Å². The zero-order chi connectivity index (χ0) is 23.8. The van der Waals surface area contributed by atoms with Gasteiger partial charge >= 0.3 is 5.97 Å². The number of ether oxygens (including phenoxy) is 3. The Hall–Kier alpha value is -4.25. The third-order valence-corrected chi connectivity index (χ3v) is 4.47. The fraction of sp³-hybridized carbons (Fsp3) is 0.227. The molecule has 172 valence electrons. The smallest absolute Gasteiger partial charge is 0.343 e. The van der Waals surface area contributed by atoms with Gasteiger partial charge in [0.1, 0.15) is 17.9 Å². The lowest BCUT2D eigenvalue weighted by molar-refractivity contribution is -0.384. The third kappa shape index (κ3) is 6.14. The Bertz CT molecular complexity index is 1140. The van der Waals surface area contributed by atoms with E-state index in [0.717, 1.165) is 0 Å². The van der Waals surface area contributed by atoms with Crippen LogP contribution in [0.25, 0.3) is 0 Å². The number of rotatable bonds is 10. The molecular formula is C22H23N5O6.